The van der Waals surface area contributed by atoms with Crippen LogP contribution in [-0.2, 0) is 28.7 Å². The Balaban J connectivity index is 1.36. The first kappa shape index (κ1) is 29.3. The van der Waals surface area contributed by atoms with E-state index in [0.29, 0.717) is 30.1 Å². The molecule has 6 atom stereocenters. The molecule has 2 bridgehead atoms. The lowest BCUT2D eigenvalue weighted by atomic mass is 9.42. The molecule has 0 aromatic rings. The highest BCUT2D eigenvalue weighted by Gasteiger charge is 2.70. The van der Waals surface area contributed by atoms with E-state index < -0.39 is 11.3 Å². The summed E-state index contributed by atoms with van der Waals surface area (Å²) in [5, 5.41) is 3.13. The van der Waals surface area contributed by atoms with E-state index in [9.17, 15) is 19.2 Å². The van der Waals surface area contributed by atoms with Crippen LogP contribution >= 0.6 is 0 Å². The van der Waals surface area contributed by atoms with Crippen LogP contribution in [0.4, 0.5) is 0 Å². The molecule has 0 aromatic carbocycles. The van der Waals surface area contributed by atoms with Crippen LogP contribution in [0.15, 0.2) is 81.2 Å². The Morgan fingerprint density at radius 3 is 2.61 bits per heavy atom. The first-order valence-corrected chi connectivity index (χ1v) is 17.1. The smallest absolute Gasteiger partial charge is 0.340 e. The molecule has 0 radical (unpaired) electrons. The van der Waals surface area contributed by atoms with Crippen molar-refractivity contribution >= 4 is 23.8 Å². The molecule has 240 valence electrons. The molecular formula is C37H41N3O6. The second-order valence-corrected chi connectivity index (χ2v) is 14.1. The molecule has 9 aliphatic rings. The van der Waals surface area contributed by atoms with Crippen LogP contribution < -0.4 is 11.1 Å². The van der Waals surface area contributed by atoms with E-state index in [4.69, 9.17) is 15.2 Å². The van der Waals surface area contributed by atoms with Crippen LogP contribution in [0.5, 0.6) is 0 Å². The number of allylic oxidation sites excluding steroid dienone is 5. The van der Waals surface area contributed by atoms with Crippen LogP contribution in [-0.4, -0.2) is 41.7 Å². The predicted octanol–water partition coefficient (Wildman–Crippen LogP) is 4.76. The Morgan fingerprint density at radius 2 is 1.87 bits per heavy atom. The topological polar surface area (TPSA) is 128 Å². The molecule has 3 N–H and O–H groups in total. The van der Waals surface area contributed by atoms with Gasteiger partial charge in [0.15, 0.2) is 0 Å². The lowest BCUT2D eigenvalue weighted by Gasteiger charge is -2.58. The zero-order valence-electron chi connectivity index (χ0n) is 26.5. The maximum Gasteiger partial charge on any atom is 0.340 e. The Kier molecular flexibility index (Phi) is 6.82. The van der Waals surface area contributed by atoms with Crippen LogP contribution in [0.25, 0.3) is 0 Å². The molecule has 5 aliphatic carbocycles. The lowest BCUT2D eigenvalue weighted by Crippen LogP contribution is -2.55. The van der Waals surface area contributed by atoms with Gasteiger partial charge in [-0.2, -0.15) is 0 Å². The summed E-state index contributed by atoms with van der Waals surface area (Å²) in [6.45, 7) is 4.87. The van der Waals surface area contributed by atoms with Gasteiger partial charge in [-0.05, 0) is 91.6 Å². The van der Waals surface area contributed by atoms with E-state index in [0.717, 1.165) is 79.4 Å². The van der Waals surface area contributed by atoms with Gasteiger partial charge in [0.1, 0.15) is 11.5 Å². The van der Waals surface area contributed by atoms with E-state index in [1.54, 1.807) is 0 Å². The molecule has 9 rings (SSSR count). The van der Waals surface area contributed by atoms with Gasteiger partial charge in [0.2, 0.25) is 0 Å². The van der Waals surface area contributed by atoms with Crippen molar-refractivity contribution in [2.45, 2.75) is 71.6 Å². The van der Waals surface area contributed by atoms with Crippen molar-refractivity contribution in [1.82, 2.24) is 10.2 Å². The van der Waals surface area contributed by atoms with Gasteiger partial charge in [0.25, 0.3) is 11.8 Å². The van der Waals surface area contributed by atoms with Crippen molar-refractivity contribution in [3.05, 3.63) is 81.2 Å². The van der Waals surface area contributed by atoms with Gasteiger partial charge in [0, 0.05) is 48.2 Å². The summed E-state index contributed by atoms with van der Waals surface area (Å²) in [5.41, 5.74) is 11.0. The molecule has 2 amide bonds. The van der Waals surface area contributed by atoms with Gasteiger partial charge in [0.05, 0.1) is 16.8 Å². The average Bonchev–Trinajstić information content (AvgIpc) is 3.67. The van der Waals surface area contributed by atoms with Crippen molar-refractivity contribution in [2.75, 3.05) is 13.1 Å². The number of dihydropyridines is 1. The number of nitrogens with one attached hydrogen (secondary N) is 1. The summed E-state index contributed by atoms with van der Waals surface area (Å²) >= 11 is 0. The standard InChI is InChI=1S/C37H41N3O6/c1-3-5-7-25-37-14-12-22(23-16-21-9-8-19(6-4-2)34-29(21)31(32(23)37)35(43)46-34)30(33(37)36(44)45-25)24(20-13-15-39-26(38)17-20)18-40-27(41)10-11-28(40)42/h7,10-11,13,17,21-24,32,39H,3-6,8-9,12,14-16,18,38H2,1-2H3. The second-order valence-electron chi connectivity index (χ2n) is 14.1. The maximum absolute atomic E-state index is 14.3. The lowest BCUT2D eigenvalue weighted by molar-refractivity contribution is -0.138. The third-order valence-electron chi connectivity index (χ3n) is 11.8. The minimum atomic E-state index is -0.802. The fourth-order valence-electron chi connectivity index (χ4n) is 10.2. The Bertz CT molecular complexity index is 1690. The molecule has 46 heavy (non-hydrogen) atoms. The minimum Gasteiger partial charge on any atom is -0.427 e. The summed E-state index contributed by atoms with van der Waals surface area (Å²) in [6, 6.07) is 0. The molecule has 4 heterocycles. The second kappa shape index (κ2) is 10.7. The fraction of sp³-hybridized carbons (Fsp3) is 0.514. The summed E-state index contributed by atoms with van der Waals surface area (Å²) in [7, 11) is 0. The van der Waals surface area contributed by atoms with Crippen molar-refractivity contribution in [1.29, 1.82) is 0 Å². The number of fused-ring (bicyclic) bond motifs is 1. The third kappa shape index (κ3) is 3.99. The molecule has 6 unspecified atom stereocenters. The van der Waals surface area contributed by atoms with Gasteiger partial charge in [-0.3, -0.25) is 14.5 Å². The zero-order valence-corrected chi connectivity index (χ0v) is 26.5. The molecule has 1 saturated heterocycles. The SMILES string of the molecule is CCCC=C1OC(=O)C2=C(C(CN3C(=O)C=CC3=O)C3=CCNC(N)=C3)C3CCC12C1C2=C4C(=C(CCC)CCC4CC31)OC2=O. The first-order chi connectivity index (χ1) is 22.3. The van der Waals surface area contributed by atoms with Crippen molar-refractivity contribution in [3.8, 4) is 0 Å². The number of imide groups is 1. The van der Waals surface area contributed by atoms with Gasteiger partial charge in [-0.1, -0.05) is 32.8 Å². The van der Waals surface area contributed by atoms with Gasteiger partial charge >= 0.3 is 11.9 Å². The number of nitrogens with two attached hydrogens (primary N) is 1. The highest BCUT2D eigenvalue weighted by molar-refractivity contribution is 6.13. The largest absolute Gasteiger partial charge is 0.427 e. The maximum atomic E-state index is 14.3. The summed E-state index contributed by atoms with van der Waals surface area (Å²) in [5.74, 6) is 0.239. The Morgan fingerprint density at radius 1 is 1.07 bits per heavy atom. The Hall–Kier alpha value is -4.14. The van der Waals surface area contributed by atoms with Crippen LogP contribution in [0, 0.1) is 35.0 Å². The number of nitrogens with zero attached hydrogens (tertiary/aromatic N) is 1. The number of unbranched alkanes of at least 4 members (excludes halogenated alkanes) is 1. The molecule has 1 saturated carbocycles. The van der Waals surface area contributed by atoms with Gasteiger partial charge in [-0.15, -0.1) is 0 Å². The molecular weight excluding hydrogens is 582 g/mol. The molecule has 0 aromatic heterocycles. The fourth-order valence-corrected chi connectivity index (χ4v) is 10.2. The van der Waals surface area contributed by atoms with Gasteiger partial charge < -0.3 is 20.5 Å². The van der Waals surface area contributed by atoms with E-state index >= 15 is 0 Å². The summed E-state index contributed by atoms with van der Waals surface area (Å²) in [4.78, 5) is 55.4. The number of ether oxygens (including phenoxy) is 2. The van der Waals surface area contributed by atoms with Crippen LogP contribution in [0.2, 0.25) is 0 Å². The number of hydrogen-bond donors (Lipinski definition) is 2. The minimum absolute atomic E-state index is 0.0250. The predicted molar refractivity (Wildman–Crippen MR) is 168 cm³/mol. The number of carbonyl (C=O) groups is 4. The average molecular weight is 624 g/mol. The van der Waals surface area contributed by atoms with E-state index in [1.807, 2.05) is 12.2 Å². The van der Waals surface area contributed by atoms with Crippen LogP contribution in [0.3, 0.4) is 0 Å². The van der Waals surface area contributed by atoms with E-state index in [1.165, 1.54) is 22.6 Å². The molecule has 1 spiro atoms. The number of cyclic esters (lactones) is 1. The quantitative estimate of drug-likeness (QED) is 0.293. The van der Waals surface area contributed by atoms with E-state index in [-0.39, 0.29) is 54.0 Å². The first-order valence-electron chi connectivity index (χ1n) is 17.1. The number of amides is 2. The van der Waals surface area contributed by atoms with Crippen molar-refractivity contribution in [2.24, 2.45) is 40.7 Å². The zero-order chi connectivity index (χ0) is 31.9. The monoisotopic (exact) mass is 623 g/mol. The van der Waals surface area contributed by atoms with Crippen molar-refractivity contribution < 1.29 is 28.7 Å². The normalized spacial score (nSPS) is 34.0. The molecule has 9 heteroatoms. The number of carbonyl (C=O) groups excluding carboxylic acids is 4. The van der Waals surface area contributed by atoms with Crippen molar-refractivity contribution in [3.63, 3.8) is 0 Å². The summed E-state index contributed by atoms with van der Waals surface area (Å²) < 4.78 is 12.4. The number of rotatable bonds is 8. The van der Waals surface area contributed by atoms with Gasteiger partial charge in [-0.25, -0.2) is 9.59 Å². The Labute approximate surface area is 269 Å². The summed E-state index contributed by atoms with van der Waals surface area (Å²) in [6.07, 6.45) is 16.5. The molecule has 4 aliphatic heterocycles. The van der Waals surface area contributed by atoms with Crippen LogP contribution in [0.1, 0.15) is 71.6 Å². The molecule has 9 nitrogen and oxygen atoms in total. The molecule has 2 fully saturated rings. The number of esters is 2. The third-order valence-corrected chi connectivity index (χ3v) is 11.8. The van der Waals surface area contributed by atoms with E-state index in [2.05, 4.69) is 25.2 Å². The number of hydrogen-bond acceptors (Lipinski definition) is 8. The highest BCUT2D eigenvalue weighted by Crippen LogP contribution is 2.72. The highest BCUT2D eigenvalue weighted by atomic mass is 16.6.